The van der Waals surface area contributed by atoms with Crippen LogP contribution in [0.3, 0.4) is 0 Å². The molecule has 2 aromatic heterocycles. The number of carbonyl (C=O) groups excluding carboxylic acids is 1. The Labute approximate surface area is 187 Å². The van der Waals surface area contributed by atoms with Crippen molar-refractivity contribution in [2.24, 2.45) is 0 Å². The summed E-state index contributed by atoms with van der Waals surface area (Å²) in [5, 5.41) is 32.4. The highest BCUT2D eigenvalue weighted by Crippen LogP contribution is 2.34. The Bertz CT molecular complexity index is 1210. The van der Waals surface area contributed by atoms with Gasteiger partial charge in [-0.3, -0.25) is 20.2 Å². The van der Waals surface area contributed by atoms with Crippen LogP contribution in [0.25, 0.3) is 17.4 Å². The number of hydrogen-bond donors (Lipinski definition) is 1. The van der Waals surface area contributed by atoms with Crippen molar-refractivity contribution in [1.29, 1.82) is 5.26 Å². The Balaban J connectivity index is 1.80. The van der Waals surface area contributed by atoms with Gasteiger partial charge in [-0.1, -0.05) is 24.7 Å². The molecule has 164 valence electrons. The average molecular weight is 453 g/mol. The summed E-state index contributed by atoms with van der Waals surface area (Å²) in [7, 11) is 1.41. The highest BCUT2D eigenvalue weighted by atomic mass is 32.1. The largest absolute Gasteiger partial charge is 0.497 e. The van der Waals surface area contributed by atoms with Gasteiger partial charge in [-0.2, -0.15) is 5.26 Å². The van der Waals surface area contributed by atoms with Crippen molar-refractivity contribution in [3.8, 4) is 23.1 Å². The number of nitrogens with one attached hydrogen (secondary N) is 1. The number of aryl methyl sites for hydroxylation is 1. The van der Waals surface area contributed by atoms with Crippen LogP contribution >= 0.6 is 11.3 Å². The van der Waals surface area contributed by atoms with Gasteiger partial charge < -0.3 is 9.15 Å². The third-order valence-electron chi connectivity index (χ3n) is 4.38. The van der Waals surface area contributed by atoms with E-state index in [-0.39, 0.29) is 28.3 Å². The predicted octanol–water partition coefficient (Wildman–Crippen LogP) is 4.60. The topological polar surface area (TPSA) is 144 Å². The first-order chi connectivity index (χ1) is 15.4. The lowest BCUT2D eigenvalue weighted by atomic mass is 10.1. The SMILES string of the molecule is CCCCc1nnc(NC(=O)C(C#N)=Cc2ccc(-c3ccc(OC)cc3[N+](=O)[O-])o2)s1. The van der Waals surface area contributed by atoms with Crippen molar-refractivity contribution in [1.82, 2.24) is 10.2 Å². The third kappa shape index (κ3) is 5.35. The lowest BCUT2D eigenvalue weighted by Gasteiger charge is -2.03. The normalized spacial score (nSPS) is 11.1. The minimum atomic E-state index is -0.654. The number of carbonyl (C=O) groups is 1. The standard InChI is InChI=1S/C21H19N5O5S/c1-3-4-5-19-24-25-21(32-19)23-20(27)13(12-22)10-15-7-9-18(31-15)16-8-6-14(30-2)11-17(16)26(28)29/h6-11H,3-5H2,1-2H3,(H,23,25,27). The van der Waals surface area contributed by atoms with Gasteiger partial charge in [0.15, 0.2) is 0 Å². The summed E-state index contributed by atoms with van der Waals surface area (Å²) in [6.45, 7) is 2.07. The highest BCUT2D eigenvalue weighted by molar-refractivity contribution is 7.15. The quantitative estimate of drug-likeness (QED) is 0.214. The number of hydrogen-bond acceptors (Lipinski definition) is 9. The van der Waals surface area contributed by atoms with Gasteiger partial charge in [0.1, 0.15) is 33.9 Å². The van der Waals surface area contributed by atoms with Gasteiger partial charge in [0.25, 0.3) is 11.6 Å². The molecule has 2 heterocycles. The fraction of sp³-hybridized carbons (Fsp3) is 0.238. The van der Waals surface area contributed by atoms with Crippen molar-refractivity contribution in [3.63, 3.8) is 0 Å². The van der Waals surface area contributed by atoms with Crippen LogP contribution in [0, 0.1) is 21.4 Å². The number of aromatic nitrogens is 2. The molecule has 0 aliphatic heterocycles. The minimum Gasteiger partial charge on any atom is -0.497 e. The van der Waals surface area contributed by atoms with E-state index in [0.29, 0.717) is 10.9 Å². The van der Waals surface area contributed by atoms with Crippen LogP contribution in [-0.4, -0.2) is 28.1 Å². The molecule has 0 spiro atoms. The van der Waals surface area contributed by atoms with Crippen LogP contribution < -0.4 is 10.1 Å². The number of nitrogens with zero attached hydrogens (tertiary/aromatic N) is 4. The van der Waals surface area contributed by atoms with E-state index in [1.807, 2.05) is 6.07 Å². The van der Waals surface area contributed by atoms with Crippen molar-refractivity contribution < 1.29 is 18.9 Å². The van der Waals surface area contributed by atoms with Gasteiger partial charge in [0, 0.05) is 12.5 Å². The molecular weight excluding hydrogens is 434 g/mol. The number of benzene rings is 1. The first-order valence-electron chi connectivity index (χ1n) is 9.63. The molecule has 32 heavy (non-hydrogen) atoms. The fourth-order valence-corrected chi connectivity index (χ4v) is 3.54. The number of methoxy groups -OCH3 is 1. The Kier molecular flexibility index (Phi) is 7.30. The van der Waals surface area contributed by atoms with Gasteiger partial charge >= 0.3 is 0 Å². The first-order valence-corrected chi connectivity index (χ1v) is 10.4. The zero-order valence-corrected chi connectivity index (χ0v) is 18.1. The van der Waals surface area contributed by atoms with Crippen LogP contribution in [0.4, 0.5) is 10.8 Å². The molecule has 1 amide bonds. The molecule has 11 heteroatoms. The van der Waals surface area contributed by atoms with Crippen LogP contribution in [0.2, 0.25) is 0 Å². The number of furan rings is 1. The minimum absolute atomic E-state index is 0.192. The molecule has 0 atom stereocenters. The van der Waals surface area contributed by atoms with E-state index < -0.39 is 10.8 Å². The van der Waals surface area contributed by atoms with Crippen molar-refractivity contribution in [3.05, 3.63) is 56.8 Å². The molecule has 0 aliphatic rings. The number of anilines is 1. The van der Waals surface area contributed by atoms with Crippen LogP contribution in [0.5, 0.6) is 5.75 Å². The lowest BCUT2D eigenvalue weighted by Crippen LogP contribution is -2.13. The highest BCUT2D eigenvalue weighted by Gasteiger charge is 2.20. The molecule has 0 aliphatic carbocycles. The number of unbranched alkanes of at least 4 members (excludes halogenated alkanes) is 1. The summed E-state index contributed by atoms with van der Waals surface area (Å²) in [5.41, 5.74) is -0.157. The maximum Gasteiger partial charge on any atom is 0.284 e. The van der Waals surface area contributed by atoms with Gasteiger partial charge in [-0.15, -0.1) is 10.2 Å². The summed E-state index contributed by atoms with van der Waals surface area (Å²) >= 11 is 1.26. The van der Waals surface area contributed by atoms with E-state index in [4.69, 9.17) is 9.15 Å². The number of nitriles is 1. The summed E-state index contributed by atoms with van der Waals surface area (Å²) in [6.07, 6.45) is 4.03. The number of nitro benzene ring substituents is 1. The van der Waals surface area contributed by atoms with Crippen LogP contribution in [-0.2, 0) is 11.2 Å². The van der Waals surface area contributed by atoms with Crippen molar-refractivity contribution in [2.75, 3.05) is 12.4 Å². The van der Waals surface area contributed by atoms with Crippen molar-refractivity contribution in [2.45, 2.75) is 26.2 Å². The number of rotatable bonds is 9. The van der Waals surface area contributed by atoms with E-state index in [2.05, 4.69) is 22.4 Å². The molecule has 1 aromatic carbocycles. The van der Waals surface area contributed by atoms with Gasteiger partial charge in [-0.05, 0) is 30.7 Å². The molecule has 0 fully saturated rings. The molecular formula is C21H19N5O5S. The second-order valence-electron chi connectivity index (χ2n) is 6.57. The van der Waals surface area contributed by atoms with Crippen LogP contribution in [0.1, 0.15) is 30.5 Å². The molecule has 1 N–H and O–H groups in total. The third-order valence-corrected chi connectivity index (χ3v) is 5.28. The Morgan fingerprint density at radius 1 is 1.38 bits per heavy atom. The number of amides is 1. The zero-order valence-electron chi connectivity index (χ0n) is 17.3. The number of nitro groups is 1. The summed E-state index contributed by atoms with van der Waals surface area (Å²) in [5.74, 6) is 0.0925. The zero-order chi connectivity index (χ0) is 23.1. The summed E-state index contributed by atoms with van der Waals surface area (Å²) in [4.78, 5) is 23.3. The van der Waals surface area contributed by atoms with Crippen molar-refractivity contribution >= 4 is 34.1 Å². The van der Waals surface area contributed by atoms with E-state index in [9.17, 15) is 20.2 Å². The van der Waals surface area contributed by atoms with Gasteiger partial charge in [0.05, 0.1) is 23.7 Å². The Morgan fingerprint density at radius 3 is 2.88 bits per heavy atom. The molecule has 10 nitrogen and oxygen atoms in total. The molecule has 0 saturated heterocycles. The van der Waals surface area contributed by atoms with E-state index in [1.165, 1.54) is 48.8 Å². The maximum atomic E-state index is 12.5. The average Bonchev–Trinajstić information content (AvgIpc) is 3.44. The second kappa shape index (κ2) is 10.3. The molecule has 0 saturated carbocycles. The number of ether oxygens (including phenoxy) is 1. The van der Waals surface area contributed by atoms with E-state index in [1.54, 1.807) is 6.07 Å². The smallest absolute Gasteiger partial charge is 0.284 e. The molecule has 0 bridgehead atoms. The molecule has 3 aromatic rings. The van der Waals surface area contributed by atoms with Gasteiger partial charge in [-0.25, -0.2) is 0 Å². The van der Waals surface area contributed by atoms with E-state index >= 15 is 0 Å². The Hall–Kier alpha value is -4.04. The summed E-state index contributed by atoms with van der Waals surface area (Å²) < 4.78 is 10.7. The molecule has 3 rings (SSSR count). The first kappa shape index (κ1) is 22.6. The Morgan fingerprint density at radius 2 is 2.19 bits per heavy atom. The molecule has 0 radical (unpaired) electrons. The maximum absolute atomic E-state index is 12.5. The second-order valence-corrected chi connectivity index (χ2v) is 7.63. The predicted molar refractivity (Wildman–Crippen MR) is 118 cm³/mol. The monoisotopic (exact) mass is 453 g/mol. The van der Waals surface area contributed by atoms with E-state index in [0.717, 1.165) is 24.3 Å². The summed E-state index contributed by atoms with van der Waals surface area (Å²) in [6, 6.07) is 9.24. The lowest BCUT2D eigenvalue weighted by molar-refractivity contribution is -0.384. The fourth-order valence-electron chi connectivity index (χ4n) is 2.76. The molecule has 0 unspecified atom stereocenters. The van der Waals surface area contributed by atoms with Gasteiger partial charge in [0.2, 0.25) is 5.13 Å². The van der Waals surface area contributed by atoms with Crippen LogP contribution in [0.15, 0.2) is 40.3 Å².